The predicted octanol–water partition coefficient (Wildman–Crippen LogP) is 5.83. The molecule has 0 unspecified atom stereocenters. The fourth-order valence-electron chi connectivity index (χ4n) is 6.77. The second kappa shape index (κ2) is 14.2. The third kappa shape index (κ3) is 7.69. The quantitative estimate of drug-likeness (QED) is 0.252. The number of aliphatic hydroxyl groups is 2. The smallest absolute Gasteiger partial charge is 0.351 e. The van der Waals surface area contributed by atoms with Gasteiger partial charge in [-0.2, -0.15) is 0 Å². The number of hydrogen-bond donors (Lipinski definition) is 2. The van der Waals surface area contributed by atoms with Gasteiger partial charge < -0.3 is 29.2 Å². The van der Waals surface area contributed by atoms with Crippen LogP contribution in [-0.2, 0) is 38.1 Å². The van der Waals surface area contributed by atoms with Gasteiger partial charge in [0.05, 0.1) is 24.4 Å². The molecule has 0 bridgehead atoms. The van der Waals surface area contributed by atoms with Crippen LogP contribution >= 0.6 is 0 Å². The van der Waals surface area contributed by atoms with Crippen molar-refractivity contribution in [1.82, 2.24) is 0 Å². The van der Waals surface area contributed by atoms with Gasteiger partial charge in [-0.05, 0) is 48.3 Å². The Kier molecular flexibility index (Phi) is 11.4. The van der Waals surface area contributed by atoms with Gasteiger partial charge in [0.2, 0.25) is 0 Å². The highest BCUT2D eigenvalue weighted by atomic mass is 16.6. The summed E-state index contributed by atoms with van der Waals surface area (Å²) in [5, 5.41) is 19.5. The van der Waals surface area contributed by atoms with Crippen LogP contribution in [0.25, 0.3) is 0 Å². The van der Waals surface area contributed by atoms with E-state index >= 15 is 0 Å². The van der Waals surface area contributed by atoms with Crippen molar-refractivity contribution in [1.29, 1.82) is 0 Å². The molecule has 0 aliphatic carbocycles. The molecule has 0 spiro atoms. The number of aliphatic hydroxyl groups excluding tert-OH is 2. The van der Waals surface area contributed by atoms with Gasteiger partial charge in [0.25, 0.3) is 0 Å². The van der Waals surface area contributed by atoms with Gasteiger partial charge >= 0.3 is 11.9 Å². The van der Waals surface area contributed by atoms with E-state index in [0.717, 1.165) is 12.8 Å². The Hall–Kier alpha value is -3.24. The number of cyclic esters (lactones) is 2. The molecule has 0 aromatic rings. The first kappa shape index (κ1) is 35.2. The normalized spacial score (nSPS) is 32.6. The molecular formula is C34H48O10. The van der Waals surface area contributed by atoms with Crippen molar-refractivity contribution in [3.8, 4) is 0 Å². The van der Waals surface area contributed by atoms with Crippen LogP contribution in [0.1, 0.15) is 81.1 Å². The van der Waals surface area contributed by atoms with E-state index < -0.39 is 35.0 Å². The van der Waals surface area contributed by atoms with Crippen molar-refractivity contribution in [3.63, 3.8) is 0 Å². The summed E-state index contributed by atoms with van der Waals surface area (Å²) >= 11 is 0. The van der Waals surface area contributed by atoms with Crippen LogP contribution < -0.4 is 0 Å². The third-order valence-electron chi connectivity index (χ3n) is 9.03. The largest absolute Gasteiger partial charge is 0.504 e. The Morgan fingerprint density at radius 2 is 1.00 bits per heavy atom. The van der Waals surface area contributed by atoms with Gasteiger partial charge in [0.15, 0.2) is 34.6 Å². The van der Waals surface area contributed by atoms with E-state index in [1.807, 2.05) is 13.8 Å². The number of ether oxygens (including phenoxy) is 4. The van der Waals surface area contributed by atoms with Crippen molar-refractivity contribution >= 4 is 23.5 Å². The molecule has 2 N–H and O–H groups in total. The number of ketones is 2. The zero-order chi connectivity index (χ0) is 33.2. The lowest BCUT2D eigenvalue weighted by atomic mass is 9.80. The van der Waals surface area contributed by atoms with E-state index in [-0.39, 0.29) is 71.8 Å². The standard InChI is InChI=1S/2C17H24O5/c2*1-8(2)16-10(4)6-9(3)13(22-16)7-12(18)14-15(19)11(5)21-17(14)20/h2*8-10,13,16,19H,5-7H2,1-4H3/t9-,10-,13+,16+;9-,10-,13-,16-/m00/s1. The van der Waals surface area contributed by atoms with Crippen LogP contribution in [0.3, 0.4) is 0 Å². The van der Waals surface area contributed by atoms with Crippen molar-refractivity contribution in [2.75, 3.05) is 0 Å². The summed E-state index contributed by atoms with van der Waals surface area (Å²) < 4.78 is 21.6. The van der Waals surface area contributed by atoms with E-state index in [0.29, 0.717) is 23.7 Å². The lowest BCUT2D eigenvalue weighted by Crippen LogP contribution is -2.42. The van der Waals surface area contributed by atoms with Crippen molar-refractivity contribution in [2.24, 2.45) is 35.5 Å². The van der Waals surface area contributed by atoms with E-state index in [1.165, 1.54) is 0 Å². The average Bonchev–Trinajstić information content (AvgIpc) is 3.32. The summed E-state index contributed by atoms with van der Waals surface area (Å²) in [4.78, 5) is 47.9. The maximum absolute atomic E-state index is 12.3. The average molecular weight is 617 g/mol. The number of esters is 2. The molecule has 8 atom stereocenters. The van der Waals surface area contributed by atoms with Crippen LogP contribution in [0, 0.1) is 35.5 Å². The molecule has 244 valence electrons. The molecule has 4 aliphatic heterocycles. The summed E-state index contributed by atoms with van der Waals surface area (Å²) in [6, 6.07) is 0. The number of Topliss-reactive ketones (excluding diaryl/α,β-unsaturated/α-hetero) is 2. The van der Waals surface area contributed by atoms with Gasteiger partial charge in [-0.3, -0.25) is 9.59 Å². The molecule has 0 aromatic heterocycles. The van der Waals surface area contributed by atoms with Gasteiger partial charge in [-0.1, -0.05) is 68.5 Å². The fourth-order valence-corrected chi connectivity index (χ4v) is 6.77. The maximum Gasteiger partial charge on any atom is 0.351 e. The monoisotopic (exact) mass is 616 g/mol. The Morgan fingerprint density at radius 1 is 0.682 bits per heavy atom. The molecule has 0 aromatic carbocycles. The molecule has 0 saturated carbocycles. The first-order valence-electron chi connectivity index (χ1n) is 15.5. The molecule has 4 aliphatic rings. The maximum atomic E-state index is 12.3. The van der Waals surface area contributed by atoms with Crippen molar-refractivity contribution < 1.29 is 48.3 Å². The molecule has 4 rings (SSSR count). The Morgan fingerprint density at radius 3 is 1.25 bits per heavy atom. The number of carbonyl (C=O) groups is 4. The number of carbonyl (C=O) groups excluding carboxylic acids is 4. The Bertz CT molecular complexity index is 1160. The highest BCUT2D eigenvalue weighted by Gasteiger charge is 2.41. The predicted molar refractivity (Wildman–Crippen MR) is 162 cm³/mol. The molecule has 2 fully saturated rings. The Balaban J connectivity index is 0.000000240. The van der Waals surface area contributed by atoms with Gasteiger partial charge in [-0.25, -0.2) is 9.59 Å². The zero-order valence-corrected chi connectivity index (χ0v) is 27.2. The van der Waals surface area contributed by atoms with E-state index in [4.69, 9.17) is 9.47 Å². The van der Waals surface area contributed by atoms with Crippen molar-refractivity contribution in [3.05, 3.63) is 47.3 Å². The lowest BCUT2D eigenvalue weighted by Gasteiger charge is -2.41. The third-order valence-corrected chi connectivity index (χ3v) is 9.03. The highest BCUT2D eigenvalue weighted by molar-refractivity contribution is 6.20. The summed E-state index contributed by atoms with van der Waals surface area (Å²) in [5.74, 6) is -1.75. The van der Waals surface area contributed by atoms with E-state index in [1.54, 1.807) is 0 Å². The van der Waals surface area contributed by atoms with Crippen LogP contribution in [0.2, 0.25) is 0 Å². The minimum Gasteiger partial charge on any atom is -0.504 e. The number of hydrogen-bond acceptors (Lipinski definition) is 10. The second-order valence-electron chi connectivity index (χ2n) is 13.5. The molecule has 4 heterocycles. The molecule has 2 saturated heterocycles. The van der Waals surface area contributed by atoms with Crippen LogP contribution in [0.15, 0.2) is 47.3 Å². The molecule has 10 nitrogen and oxygen atoms in total. The summed E-state index contributed by atoms with van der Waals surface area (Å²) in [5.41, 5.74) is -0.610. The van der Waals surface area contributed by atoms with Crippen LogP contribution in [0.4, 0.5) is 0 Å². The van der Waals surface area contributed by atoms with E-state index in [9.17, 15) is 29.4 Å². The summed E-state index contributed by atoms with van der Waals surface area (Å²) in [7, 11) is 0. The minimum absolute atomic E-state index is 0.0683. The molecular weight excluding hydrogens is 568 g/mol. The van der Waals surface area contributed by atoms with Crippen LogP contribution in [-0.4, -0.2) is 58.1 Å². The molecule has 0 amide bonds. The molecule has 10 heteroatoms. The van der Waals surface area contributed by atoms with Gasteiger partial charge in [0.1, 0.15) is 11.1 Å². The van der Waals surface area contributed by atoms with Gasteiger partial charge in [0, 0.05) is 12.8 Å². The zero-order valence-electron chi connectivity index (χ0n) is 27.2. The first-order valence-corrected chi connectivity index (χ1v) is 15.5. The minimum atomic E-state index is -0.829. The summed E-state index contributed by atoms with van der Waals surface area (Å²) in [6.07, 6.45) is 1.78. The lowest BCUT2D eigenvalue weighted by molar-refractivity contribution is -0.143. The molecule has 44 heavy (non-hydrogen) atoms. The first-order chi connectivity index (χ1) is 20.4. The fraction of sp³-hybridized carbons (Fsp3) is 0.647. The number of rotatable bonds is 8. The second-order valence-corrected chi connectivity index (χ2v) is 13.5. The van der Waals surface area contributed by atoms with E-state index in [2.05, 4.69) is 64.2 Å². The Labute approximate surface area is 260 Å². The highest BCUT2D eigenvalue weighted by Crippen LogP contribution is 2.37. The summed E-state index contributed by atoms with van der Waals surface area (Å²) in [6.45, 7) is 23.6. The molecule has 0 radical (unpaired) electrons. The SMILES string of the molecule is C=C1OC(=O)C(C(=O)C[C@@H]2O[C@@H](C(C)C)[C@@H](C)C[C@@H]2C)=C1O.C=C1OC(=O)C(C(=O)C[C@H]2O[C@H](C(C)C)[C@@H](C)C[C@@H]2C)=C1O. The topological polar surface area (TPSA) is 146 Å². The van der Waals surface area contributed by atoms with Gasteiger partial charge in [-0.15, -0.1) is 0 Å². The van der Waals surface area contributed by atoms with Crippen LogP contribution in [0.5, 0.6) is 0 Å². The van der Waals surface area contributed by atoms with Crippen molar-refractivity contribution in [2.45, 2.75) is 105 Å².